The molecular weight excluding hydrogens is 202 g/mol. The van der Waals surface area contributed by atoms with Crippen LogP contribution in [-0.2, 0) is 6.42 Å². The number of hydrogen-bond acceptors (Lipinski definition) is 3. The first-order valence-corrected chi connectivity index (χ1v) is 5.56. The van der Waals surface area contributed by atoms with Crippen molar-refractivity contribution in [2.75, 3.05) is 20.8 Å². The van der Waals surface area contributed by atoms with E-state index in [9.17, 15) is 0 Å². The van der Waals surface area contributed by atoms with Crippen molar-refractivity contribution in [1.29, 1.82) is 0 Å². The molecule has 0 saturated heterocycles. The molecule has 0 aliphatic heterocycles. The van der Waals surface area contributed by atoms with Crippen LogP contribution in [0.2, 0.25) is 0 Å². The number of ether oxygens (including phenoxy) is 2. The van der Waals surface area contributed by atoms with Gasteiger partial charge in [0.05, 0.1) is 14.2 Å². The Hall–Kier alpha value is -1.22. The molecule has 1 aromatic carbocycles. The first kappa shape index (κ1) is 12.8. The summed E-state index contributed by atoms with van der Waals surface area (Å²) in [5, 5.41) is 0. The topological polar surface area (TPSA) is 44.5 Å². The average Bonchev–Trinajstić information content (AvgIpc) is 2.30. The molecule has 0 heterocycles. The van der Waals surface area contributed by atoms with Gasteiger partial charge in [-0.25, -0.2) is 0 Å². The molecule has 1 rings (SSSR count). The predicted octanol–water partition coefficient (Wildman–Crippen LogP) is 2.21. The van der Waals surface area contributed by atoms with Crippen LogP contribution in [0.4, 0.5) is 0 Å². The summed E-state index contributed by atoms with van der Waals surface area (Å²) in [5.74, 6) is 1.89. The third kappa shape index (κ3) is 2.47. The van der Waals surface area contributed by atoms with Crippen LogP contribution in [0.25, 0.3) is 0 Å². The second kappa shape index (κ2) is 5.75. The lowest BCUT2D eigenvalue weighted by atomic mass is 10.00. The number of benzene rings is 1. The molecule has 3 nitrogen and oxygen atoms in total. The molecule has 0 aromatic heterocycles. The van der Waals surface area contributed by atoms with E-state index in [0.29, 0.717) is 6.54 Å². The van der Waals surface area contributed by atoms with Crippen molar-refractivity contribution in [3.05, 3.63) is 22.8 Å². The molecule has 90 valence electrons. The second-order valence-electron chi connectivity index (χ2n) is 3.91. The largest absolute Gasteiger partial charge is 0.496 e. The highest BCUT2D eigenvalue weighted by Gasteiger charge is 2.13. The van der Waals surface area contributed by atoms with Gasteiger partial charge < -0.3 is 15.2 Å². The molecule has 0 fully saturated rings. The van der Waals surface area contributed by atoms with E-state index in [1.807, 2.05) is 6.92 Å². The van der Waals surface area contributed by atoms with E-state index in [-0.39, 0.29) is 0 Å². The normalized spacial score (nSPS) is 10.3. The van der Waals surface area contributed by atoms with E-state index in [4.69, 9.17) is 15.2 Å². The Morgan fingerprint density at radius 2 is 1.81 bits per heavy atom. The summed E-state index contributed by atoms with van der Waals surface area (Å²) >= 11 is 0. The third-order valence-corrected chi connectivity index (χ3v) is 2.94. The van der Waals surface area contributed by atoms with E-state index in [2.05, 4.69) is 13.0 Å². The van der Waals surface area contributed by atoms with Gasteiger partial charge in [0.1, 0.15) is 11.5 Å². The highest BCUT2D eigenvalue weighted by molar-refractivity contribution is 5.52. The van der Waals surface area contributed by atoms with Crippen LogP contribution in [0, 0.1) is 13.8 Å². The van der Waals surface area contributed by atoms with Gasteiger partial charge in [0.15, 0.2) is 0 Å². The second-order valence-corrected chi connectivity index (χ2v) is 3.91. The highest BCUT2D eigenvalue weighted by Crippen LogP contribution is 2.33. The van der Waals surface area contributed by atoms with E-state index < -0.39 is 0 Å². The van der Waals surface area contributed by atoms with E-state index in [1.165, 1.54) is 5.56 Å². The Labute approximate surface area is 97.6 Å². The van der Waals surface area contributed by atoms with Gasteiger partial charge in [0, 0.05) is 0 Å². The van der Waals surface area contributed by atoms with Crippen LogP contribution in [0.15, 0.2) is 6.07 Å². The van der Waals surface area contributed by atoms with Crippen LogP contribution >= 0.6 is 0 Å². The lowest BCUT2D eigenvalue weighted by Crippen LogP contribution is -2.04. The maximum atomic E-state index is 5.53. The fraction of sp³-hybridized carbons (Fsp3) is 0.538. The van der Waals surface area contributed by atoms with E-state index in [1.54, 1.807) is 14.2 Å². The summed E-state index contributed by atoms with van der Waals surface area (Å²) in [6.07, 6.45) is 1.89. The highest BCUT2D eigenvalue weighted by atomic mass is 16.5. The lowest BCUT2D eigenvalue weighted by molar-refractivity contribution is 0.393. The van der Waals surface area contributed by atoms with Gasteiger partial charge in [0.25, 0.3) is 0 Å². The maximum Gasteiger partial charge on any atom is 0.125 e. The molecule has 2 N–H and O–H groups in total. The summed E-state index contributed by atoms with van der Waals surface area (Å²) in [5.41, 5.74) is 8.99. The number of methoxy groups -OCH3 is 2. The van der Waals surface area contributed by atoms with Crippen molar-refractivity contribution in [3.8, 4) is 11.5 Å². The molecule has 0 spiro atoms. The summed E-state index contributed by atoms with van der Waals surface area (Å²) in [6, 6.07) is 2.05. The molecule has 0 bridgehead atoms. The summed E-state index contributed by atoms with van der Waals surface area (Å²) in [7, 11) is 3.40. The van der Waals surface area contributed by atoms with E-state index >= 15 is 0 Å². The first-order valence-electron chi connectivity index (χ1n) is 5.56. The smallest absolute Gasteiger partial charge is 0.125 e. The molecule has 3 heteroatoms. The number of hydrogen-bond donors (Lipinski definition) is 1. The predicted molar refractivity (Wildman–Crippen MR) is 66.4 cm³/mol. The van der Waals surface area contributed by atoms with Crippen molar-refractivity contribution in [2.45, 2.75) is 26.7 Å². The molecule has 0 radical (unpaired) electrons. The molecule has 0 aliphatic rings. The van der Waals surface area contributed by atoms with Gasteiger partial charge in [-0.15, -0.1) is 0 Å². The molecule has 1 aromatic rings. The standard InChI is InChI=1S/C13H21NO2/c1-9-10(2)13(16-4)11(6-5-7-14)8-12(9)15-3/h8H,5-7,14H2,1-4H3. The fourth-order valence-electron chi connectivity index (χ4n) is 1.90. The molecule has 0 atom stereocenters. The quantitative estimate of drug-likeness (QED) is 0.832. The fourth-order valence-corrected chi connectivity index (χ4v) is 1.90. The van der Waals surface area contributed by atoms with Crippen LogP contribution in [0.1, 0.15) is 23.1 Å². The SMILES string of the molecule is COc1cc(CCCN)c(OC)c(C)c1C. The number of rotatable bonds is 5. The molecule has 0 unspecified atom stereocenters. The third-order valence-electron chi connectivity index (χ3n) is 2.94. The van der Waals surface area contributed by atoms with Gasteiger partial charge in [-0.05, 0) is 56.0 Å². The maximum absolute atomic E-state index is 5.53. The monoisotopic (exact) mass is 223 g/mol. The molecular formula is C13H21NO2. The van der Waals surface area contributed by atoms with Crippen LogP contribution < -0.4 is 15.2 Å². The number of aryl methyl sites for hydroxylation is 1. The van der Waals surface area contributed by atoms with Gasteiger partial charge in [-0.1, -0.05) is 0 Å². The van der Waals surface area contributed by atoms with Gasteiger partial charge in [-0.3, -0.25) is 0 Å². The van der Waals surface area contributed by atoms with Crippen molar-refractivity contribution in [3.63, 3.8) is 0 Å². The van der Waals surface area contributed by atoms with Crippen molar-refractivity contribution >= 4 is 0 Å². The van der Waals surface area contributed by atoms with E-state index in [0.717, 1.165) is 35.5 Å². The molecule has 0 amide bonds. The minimum absolute atomic E-state index is 0.693. The zero-order valence-corrected chi connectivity index (χ0v) is 10.6. The van der Waals surface area contributed by atoms with Gasteiger partial charge >= 0.3 is 0 Å². The van der Waals surface area contributed by atoms with Crippen LogP contribution in [0.3, 0.4) is 0 Å². The van der Waals surface area contributed by atoms with Crippen molar-refractivity contribution in [2.24, 2.45) is 5.73 Å². The molecule has 0 aliphatic carbocycles. The summed E-state index contributed by atoms with van der Waals surface area (Å²) in [4.78, 5) is 0. The molecule has 16 heavy (non-hydrogen) atoms. The Morgan fingerprint density at radius 1 is 1.12 bits per heavy atom. The van der Waals surface area contributed by atoms with Gasteiger partial charge in [-0.2, -0.15) is 0 Å². The zero-order valence-electron chi connectivity index (χ0n) is 10.6. The average molecular weight is 223 g/mol. The van der Waals surface area contributed by atoms with Crippen LogP contribution in [0.5, 0.6) is 11.5 Å². The molecule has 0 saturated carbocycles. The van der Waals surface area contributed by atoms with Crippen LogP contribution in [-0.4, -0.2) is 20.8 Å². The Bertz CT molecular complexity index is 361. The summed E-state index contributed by atoms with van der Waals surface area (Å²) < 4.78 is 10.8. The van der Waals surface area contributed by atoms with Gasteiger partial charge in [0.2, 0.25) is 0 Å². The first-order chi connectivity index (χ1) is 7.65. The number of nitrogens with two attached hydrogens (primary N) is 1. The Balaban J connectivity index is 3.18. The Morgan fingerprint density at radius 3 is 2.31 bits per heavy atom. The van der Waals surface area contributed by atoms with Crippen molar-refractivity contribution < 1.29 is 9.47 Å². The zero-order chi connectivity index (χ0) is 12.1. The minimum atomic E-state index is 0.693. The lowest BCUT2D eigenvalue weighted by Gasteiger charge is -2.16. The minimum Gasteiger partial charge on any atom is -0.496 e. The Kier molecular flexibility index (Phi) is 4.62. The van der Waals surface area contributed by atoms with Crippen molar-refractivity contribution in [1.82, 2.24) is 0 Å². The summed E-state index contributed by atoms with van der Waals surface area (Å²) in [6.45, 7) is 4.80.